The summed E-state index contributed by atoms with van der Waals surface area (Å²) in [5, 5.41) is 15.1. The smallest absolute Gasteiger partial charge is 0.404 e. The molecule has 4 N–H and O–H groups in total. The predicted octanol–water partition coefficient (Wildman–Crippen LogP) is 0.176. The van der Waals surface area contributed by atoms with E-state index in [0.717, 1.165) is 4.90 Å². The van der Waals surface area contributed by atoms with Gasteiger partial charge in [0.25, 0.3) is 11.8 Å². The summed E-state index contributed by atoms with van der Waals surface area (Å²) in [5.41, 5.74) is 3.70. The first kappa shape index (κ1) is 26.6. The van der Waals surface area contributed by atoms with E-state index in [1.807, 2.05) is 0 Å². The summed E-state index contributed by atoms with van der Waals surface area (Å²) >= 11 is 1.17. The van der Waals surface area contributed by atoms with Crippen molar-refractivity contribution in [3.63, 3.8) is 0 Å². The summed E-state index contributed by atoms with van der Waals surface area (Å²) in [4.78, 5) is 66.2. The zero-order chi connectivity index (χ0) is 26.6. The fourth-order valence-corrected chi connectivity index (χ4v) is 4.62. The van der Waals surface area contributed by atoms with Gasteiger partial charge in [-0.3, -0.25) is 14.5 Å². The maximum Gasteiger partial charge on any atom is 0.404 e. The molecule has 14 nitrogen and oxygen atoms in total. The van der Waals surface area contributed by atoms with Crippen LogP contribution in [0, 0.1) is 0 Å². The Balaban J connectivity index is 1.72. The molecule has 36 heavy (non-hydrogen) atoms. The number of esters is 1. The molecule has 15 heteroatoms. The Hall–Kier alpha value is -4.01. The molecule has 3 amide bonds. The maximum absolute atomic E-state index is 12.9. The minimum absolute atomic E-state index is 0.00798. The average molecular weight is 525 g/mol. The van der Waals surface area contributed by atoms with E-state index in [4.69, 9.17) is 19.7 Å². The number of furan rings is 1. The molecule has 0 bridgehead atoms. The molecule has 1 saturated heterocycles. The molecule has 0 radical (unpaired) electrons. The van der Waals surface area contributed by atoms with Crippen LogP contribution in [0.4, 0.5) is 4.79 Å². The van der Waals surface area contributed by atoms with Crippen LogP contribution in [0.1, 0.15) is 26.5 Å². The van der Waals surface area contributed by atoms with Crippen LogP contribution in [-0.2, 0) is 33.5 Å². The number of hydrogen-bond donors (Lipinski definition) is 3. The van der Waals surface area contributed by atoms with Crippen molar-refractivity contribution in [1.29, 1.82) is 0 Å². The number of nitrogens with zero attached hydrogens (tertiary/aromatic N) is 2. The van der Waals surface area contributed by atoms with Crippen LogP contribution in [0.2, 0.25) is 0 Å². The number of amides is 3. The number of carboxylic acids is 1. The first-order valence-corrected chi connectivity index (χ1v) is 11.5. The second-order valence-corrected chi connectivity index (χ2v) is 9.61. The SMILES string of the molecule is CC(C)(C)OC(=O)CON=C(C(=O)NC1C(=O)N2C(C(=O)O)=C(COC(N)=O)CS[C@@H]12)c1ccco1. The molecule has 2 aliphatic rings. The number of rotatable bonds is 9. The lowest BCUT2D eigenvalue weighted by Crippen LogP contribution is -2.71. The van der Waals surface area contributed by atoms with Gasteiger partial charge in [-0.05, 0) is 32.9 Å². The van der Waals surface area contributed by atoms with Crippen LogP contribution in [0.3, 0.4) is 0 Å². The second kappa shape index (κ2) is 10.7. The molecule has 1 unspecified atom stereocenters. The van der Waals surface area contributed by atoms with E-state index in [2.05, 4.69) is 15.2 Å². The summed E-state index contributed by atoms with van der Waals surface area (Å²) in [6.45, 7) is 4.07. The van der Waals surface area contributed by atoms with E-state index in [1.54, 1.807) is 20.8 Å². The van der Waals surface area contributed by atoms with E-state index < -0.39 is 53.5 Å². The molecule has 0 saturated carbocycles. The van der Waals surface area contributed by atoms with Gasteiger partial charge in [0.1, 0.15) is 29.3 Å². The molecule has 0 aromatic carbocycles. The Morgan fingerprint density at radius 1 is 1.33 bits per heavy atom. The predicted molar refractivity (Wildman–Crippen MR) is 122 cm³/mol. The van der Waals surface area contributed by atoms with E-state index in [0.29, 0.717) is 0 Å². The number of carboxylic acid groups (broad SMARTS) is 1. The van der Waals surface area contributed by atoms with Gasteiger partial charge < -0.3 is 34.9 Å². The molecule has 194 valence electrons. The average Bonchev–Trinajstić information content (AvgIpc) is 3.31. The fraction of sp³-hybridized carbons (Fsp3) is 0.429. The number of hydrogen-bond acceptors (Lipinski definition) is 11. The summed E-state index contributed by atoms with van der Waals surface area (Å²) in [6, 6.07) is 1.84. The highest BCUT2D eigenvalue weighted by Gasteiger charge is 2.54. The van der Waals surface area contributed by atoms with Crippen LogP contribution in [0.5, 0.6) is 0 Å². The molecule has 3 rings (SSSR count). The highest BCUT2D eigenvalue weighted by molar-refractivity contribution is 8.00. The van der Waals surface area contributed by atoms with E-state index in [1.165, 1.54) is 30.2 Å². The van der Waals surface area contributed by atoms with Crippen molar-refractivity contribution in [3.05, 3.63) is 35.4 Å². The third kappa shape index (κ3) is 6.16. The number of thioether (sulfide) groups is 1. The van der Waals surface area contributed by atoms with E-state index in [9.17, 15) is 29.1 Å². The maximum atomic E-state index is 12.9. The highest BCUT2D eigenvalue weighted by Crippen LogP contribution is 2.40. The number of primary amides is 1. The number of β-lactam (4-membered cyclic amide) rings is 1. The van der Waals surface area contributed by atoms with Crippen molar-refractivity contribution in [2.24, 2.45) is 10.9 Å². The van der Waals surface area contributed by atoms with Crippen LogP contribution >= 0.6 is 11.8 Å². The quantitative estimate of drug-likeness (QED) is 0.172. The van der Waals surface area contributed by atoms with Gasteiger partial charge in [0, 0.05) is 11.3 Å². The van der Waals surface area contributed by atoms with Crippen molar-refractivity contribution < 1.29 is 47.8 Å². The first-order valence-electron chi connectivity index (χ1n) is 10.5. The Morgan fingerprint density at radius 3 is 2.64 bits per heavy atom. The number of fused-ring (bicyclic) bond motifs is 1. The number of nitrogens with one attached hydrogen (secondary N) is 1. The van der Waals surface area contributed by atoms with Gasteiger partial charge in [0.15, 0.2) is 5.76 Å². The lowest BCUT2D eigenvalue weighted by molar-refractivity contribution is -0.160. The van der Waals surface area contributed by atoms with Gasteiger partial charge in [0.2, 0.25) is 12.3 Å². The highest BCUT2D eigenvalue weighted by atomic mass is 32.2. The molecule has 3 heterocycles. The number of carbonyl (C=O) groups excluding carboxylic acids is 4. The molecule has 0 spiro atoms. The van der Waals surface area contributed by atoms with E-state index >= 15 is 0 Å². The van der Waals surface area contributed by atoms with Crippen LogP contribution in [0.25, 0.3) is 0 Å². The van der Waals surface area contributed by atoms with Crippen molar-refractivity contribution in [2.45, 2.75) is 37.8 Å². The first-order chi connectivity index (χ1) is 16.9. The Kier molecular flexibility index (Phi) is 7.92. The molecule has 1 aromatic heterocycles. The Morgan fingerprint density at radius 2 is 2.06 bits per heavy atom. The summed E-state index contributed by atoms with van der Waals surface area (Å²) < 4.78 is 15.0. The zero-order valence-corrected chi connectivity index (χ0v) is 20.3. The fourth-order valence-electron chi connectivity index (χ4n) is 3.29. The molecule has 1 aromatic rings. The minimum atomic E-state index is -1.39. The van der Waals surface area contributed by atoms with Crippen LogP contribution < -0.4 is 11.1 Å². The summed E-state index contributed by atoms with van der Waals surface area (Å²) in [6.07, 6.45) is 0.205. The molecular weight excluding hydrogens is 500 g/mol. The largest absolute Gasteiger partial charge is 0.477 e. The van der Waals surface area contributed by atoms with Gasteiger partial charge in [-0.15, -0.1) is 11.8 Å². The minimum Gasteiger partial charge on any atom is -0.477 e. The lowest BCUT2D eigenvalue weighted by atomic mass is 10.0. The number of carbonyl (C=O) groups is 5. The van der Waals surface area contributed by atoms with Gasteiger partial charge in [-0.2, -0.15) is 0 Å². The summed E-state index contributed by atoms with van der Waals surface area (Å²) in [5.74, 6) is -3.52. The van der Waals surface area contributed by atoms with Gasteiger partial charge >= 0.3 is 18.0 Å². The standard InChI is InChI=1S/C21H24N4O10S/c1-21(2,3)35-12(26)8-34-24-13(11-5-4-6-32-11)16(27)23-14-17(28)25-15(19(29)30)10(7-33-20(22)31)9-36-18(14)25/h4-6,14,18H,7-9H2,1-3H3,(H2,22,31)(H,23,27)(H,29,30)/t14?,18-/m0/s1. The van der Waals surface area contributed by atoms with Gasteiger partial charge in [0.05, 0.1) is 6.26 Å². The number of oxime groups is 1. The Labute approximate surface area is 208 Å². The molecular formula is C21H24N4O10S. The van der Waals surface area contributed by atoms with Crippen molar-refractivity contribution in [3.8, 4) is 0 Å². The van der Waals surface area contributed by atoms with Crippen molar-refractivity contribution in [1.82, 2.24) is 10.2 Å². The number of ether oxygens (including phenoxy) is 2. The van der Waals surface area contributed by atoms with Crippen molar-refractivity contribution in [2.75, 3.05) is 19.0 Å². The van der Waals surface area contributed by atoms with Crippen LogP contribution in [-0.4, -0.2) is 81.5 Å². The molecule has 2 aliphatic heterocycles. The number of nitrogens with two attached hydrogens (primary N) is 1. The van der Waals surface area contributed by atoms with Crippen LogP contribution in [0.15, 0.2) is 39.2 Å². The zero-order valence-electron chi connectivity index (χ0n) is 19.5. The third-order valence-electron chi connectivity index (χ3n) is 4.65. The topological polar surface area (TPSA) is 200 Å². The molecule has 1 fully saturated rings. The van der Waals surface area contributed by atoms with Gasteiger partial charge in [-0.1, -0.05) is 5.16 Å². The lowest BCUT2D eigenvalue weighted by Gasteiger charge is -2.49. The molecule has 2 atom stereocenters. The monoisotopic (exact) mass is 524 g/mol. The molecule has 0 aliphatic carbocycles. The normalized spacial score (nSPS) is 19.7. The van der Waals surface area contributed by atoms with E-state index in [-0.39, 0.29) is 35.1 Å². The summed E-state index contributed by atoms with van der Waals surface area (Å²) in [7, 11) is 0. The third-order valence-corrected chi connectivity index (χ3v) is 5.99. The second-order valence-electron chi connectivity index (χ2n) is 8.50. The number of aliphatic carboxylic acids is 1. The Bertz CT molecular complexity index is 1120. The van der Waals surface area contributed by atoms with Gasteiger partial charge in [-0.25, -0.2) is 14.4 Å². The van der Waals surface area contributed by atoms with Crippen molar-refractivity contribution >= 4 is 47.3 Å².